The minimum absolute atomic E-state index is 0.0885. The van der Waals surface area contributed by atoms with Gasteiger partial charge in [0.25, 0.3) is 0 Å². The van der Waals surface area contributed by atoms with Crippen molar-refractivity contribution in [1.82, 2.24) is 10.6 Å². The predicted octanol–water partition coefficient (Wildman–Crippen LogP) is 1.49. The average Bonchev–Trinajstić information content (AvgIpc) is 3.07. The third kappa shape index (κ3) is 5.65. The van der Waals surface area contributed by atoms with Crippen LogP contribution < -0.4 is 10.6 Å². The van der Waals surface area contributed by atoms with E-state index in [1.165, 1.54) is 25.7 Å². The maximum atomic E-state index is 11.7. The number of hydrogen-bond donors (Lipinski definition) is 3. The van der Waals surface area contributed by atoms with E-state index < -0.39 is 5.60 Å². The van der Waals surface area contributed by atoms with Gasteiger partial charge in [-0.05, 0) is 31.6 Å². The van der Waals surface area contributed by atoms with E-state index in [1.54, 1.807) is 0 Å². The zero-order valence-electron chi connectivity index (χ0n) is 12.8. The molecule has 0 aromatic heterocycles. The topological polar surface area (TPSA) is 78.4 Å². The summed E-state index contributed by atoms with van der Waals surface area (Å²) >= 11 is 0. The maximum Gasteiger partial charge on any atom is 0.222 e. The molecule has 5 heteroatoms. The summed E-state index contributed by atoms with van der Waals surface area (Å²) in [6.07, 6.45) is 9.08. The number of hydrogen-bond acceptors (Lipinski definition) is 3. The summed E-state index contributed by atoms with van der Waals surface area (Å²) in [5, 5.41) is 15.8. The van der Waals surface area contributed by atoms with Gasteiger partial charge in [0, 0.05) is 19.5 Å². The Hall–Kier alpha value is -1.10. The highest BCUT2D eigenvalue weighted by molar-refractivity contribution is 5.77. The number of nitrogens with one attached hydrogen (secondary N) is 2. The molecule has 0 aromatic rings. The minimum atomic E-state index is -0.796. The van der Waals surface area contributed by atoms with E-state index in [4.69, 9.17) is 0 Å². The normalized spacial score (nSPS) is 21.4. The molecule has 0 heterocycles. The van der Waals surface area contributed by atoms with E-state index in [0.29, 0.717) is 25.4 Å². The average molecular weight is 296 g/mol. The number of carbonyl (C=O) groups excluding carboxylic acids is 2. The summed E-state index contributed by atoms with van der Waals surface area (Å²) in [5.41, 5.74) is -0.796. The zero-order chi connectivity index (χ0) is 15.1. The van der Waals surface area contributed by atoms with Crippen LogP contribution in [0.2, 0.25) is 0 Å². The maximum absolute atomic E-state index is 11.7. The van der Waals surface area contributed by atoms with Crippen molar-refractivity contribution in [1.29, 1.82) is 0 Å². The van der Waals surface area contributed by atoms with E-state index >= 15 is 0 Å². The highest BCUT2D eigenvalue weighted by atomic mass is 16.3. The Kier molecular flexibility index (Phi) is 6.03. The van der Waals surface area contributed by atoms with Crippen molar-refractivity contribution in [3.8, 4) is 0 Å². The van der Waals surface area contributed by atoms with E-state index in [0.717, 1.165) is 25.7 Å². The van der Waals surface area contributed by atoms with Gasteiger partial charge < -0.3 is 15.7 Å². The molecule has 0 aromatic carbocycles. The molecule has 2 aliphatic carbocycles. The first kappa shape index (κ1) is 16.3. The lowest BCUT2D eigenvalue weighted by atomic mass is 9.98. The van der Waals surface area contributed by atoms with Gasteiger partial charge in [-0.2, -0.15) is 0 Å². The van der Waals surface area contributed by atoms with Crippen LogP contribution in [0.25, 0.3) is 0 Å². The molecule has 0 bridgehead atoms. The Morgan fingerprint density at radius 3 is 2.14 bits per heavy atom. The van der Waals surface area contributed by atoms with Gasteiger partial charge in [0.2, 0.25) is 11.8 Å². The van der Waals surface area contributed by atoms with Crippen LogP contribution in [0.5, 0.6) is 0 Å². The minimum Gasteiger partial charge on any atom is -0.389 e. The van der Waals surface area contributed by atoms with Crippen LogP contribution in [0.4, 0.5) is 0 Å². The second-order valence-electron chi connectivity index (χ2n) is 6.66. The Bertz CT molecular complexity index is 359. The molecule has 120 valence electrons. The fourth-order valence-electron chi connectivity index (χ4n) is 3.52. The summed E-state index contributed by atoms with van der Waals surface area (Å²) in [6, 6.07) is 0. The molecule has 2 saturated carbocycles. The molecule has 2 rings (SSSR count). The zero-order valence-corrected chi connectivity index (χ0v) is 12.8. The predicted molar refractivity (Wildman–Crippen MR) is 80.6 cm³/mol. The summed E-state index contributed by atoms with van der Waals surface area (Å²) in [5.74, 6) is 0.520. The van der Waals surface area contributed by atoms with Crippen LogP contribution in [-0.2, 0) is 9.59 Å². The number of amides is 2. The van der Waals surface area contributed by atoms with Gasteiger partial charge in [-0.3, -0.25) is 9.59 Å². The molecule has 2 fully saturated rings. The first-order valence-corrected chi connectivity index (χ1v) is 8.33. The summed E-state index contributed by atoms with van der Waals surface area (Å²) in [7, 11) is 0. The fourth-order valence-corrected chi connectivity index (χ4v) is 3.52. The number of aliphatic hydroxyl groups is 1. The van der Waals surface area contributed by atoms with Crippen molar-refractivity contribution in [3.63, 3.8) is 0 Å². The molecule has 0 radical (unpaired) electrons. The summed E-state index contributed by atoms with van der Waals surface area (Å²) < 4.78 is 0. The van der Waals surface area contributed by atoms with E-state index in [-0.39, 0.29) is 18.2 Å². The molecule has 0 saturated heterocycles. The van der Waals surface area contributed by atoms with Crippen molar-refractivity contribution >= 4 is 11.8 Å². The van der Waals surface area contributed by atoms with Crippen LogP contribution in [0.15, 0.2) is 0 Å². The number of rotatable bonds is 7. The van der Waals surface area contributed by atoms with Crippen molar-refractivity contribution in [2.75, 3.05) is 13.1 Å². The lowest BCUT2D eigenvalue weighted by Crippen LogP contribution is -2.38. The highest BCUT2D eigenvalue weighted by Crippen LogP contribution is 2.32. The van der Waals surface area contributed by atoms with Gasteiger partial charge >= 0.3 is 0 Å². The molecule has 2 amide bonds. The lowest BCUT2D eigenvalue weighted by molar-refractivity contribution is -0.126. The van der Waals surface area contributed by atoms with Gasteiger partial charge in [0.1, 0.15) is 0 Å². The first-order valence-electron chi connectivity index (χ1n) is 8.33. The fraction of sp³-hybridized carbons (Fsp3) is 0.875. The molecular weight excluding hydrogens is 268 g/mol. The second-order valence-corrected chi connectivity index (χ2v) is 6.66. The molecular formula is C16H28N2O3. The molecule has 2 aliphatic rings. The Balaban J connectivity index is 1.52. The van der Waals surface area contributed by atoms with Gasteiger partial charge in [-0.1, -0.05) is 25.7 Å². The summed E-state index contributed by atoms with van der Waals surface area (Å²) in [4.78, 5) is 23.5. The molecule has 0 spiro atoms. The molecule has 0 atom stereocenters. The van der Waals surface area contributed by atoms with Gasteiger partial charge in [0.05, 0.1) is 12.0 Å². The highest BCUT2D eigenvalue weighted by Gasteiger charge is 2.33. The third-order valence-electron chi connectivity index (χ3n) is 4.74. The Morgan fingerprint density at radius 1 is 0.952 bits per heavy atom. The van der Waals surface area contributed by atoms with Crippen LogP contribution >= 0.6 is 0 Å². The van der Waals surface area contributed by atoms with Crippen LogP contribution in [0, 0.1) is 5.92 Å². The molecule has 5 nitrogen and oxygen atoms in total. The van der Waals surface area contributed by atoms with Crippen molar-refractivity contribution in [2.24, 2.45) is 5.92 Å². The Morgan fingerprint density at radius 2 is 1.52 bits per heavy atom. The van der Waals surface area contributed by atoms with Crippen molar-refractivity contribution in [3.05, 3.63) is 0 Å². The van der Waals surface area contributed by atoms with Gasteiger partial charge in [-0.15, -0.1) is 0 Å². The van der Waals surface area contributed by atoms with Crippen LogP contribution in [0.3, 0.4) is 0 Å². The van der Waals surface area contributed by atoms with E-state index in [9.17, 15) is 14.7 Å². The van der Waals surface area contributed by atoms with Crippen molar-refractivity contribution < 1.29 is 14.7 Å². The van der Waals surface area contributed by atoms with E-state index in [2.05, 4.69) is 10.6 Å². The largest absolute Gasteiger partial charge is 0.389 e. The van der Waals surface area contributed by atoms with E-state index in [1.807, 2.05) is 0 Å². The molecule has 21 heavy (non-hydrogen) atoms. The van der Waals surface area contributed by atoms with Crippen LogP contribution in [0.1, 0.15) is 64.2 Å². The SMILES string of the molecule is O=C(CC1CCCC1)NCCNC(=O)CC1(O)CCCC1. The lowest BCUT2D eigenvalue weighted by Gasteiger charge is -2.21. The smallest absolute Gasteiger partial charge is 0.222 e. The van der Waals surface area contributed by atoms with Crippen molar-refractivity contribution in [2.45, 2.75) is 69.8 Å². The quantitative estimate of drug-likeness (QED) is 0.623. The summed E-state index contributed by atoms with van der Waals surface area (Å²) in [6.45, 7) is 0.904. The Labute approximate surface area is 126 Å². The molecule has 0 unspecified atom stereocenters. The molecule has 0 aliphatic heterocycles. The van der Waals surface area contributed by atoms with Gasteiger partial charge in [-0.25, -0.2) is 0 Å². The van der Waals surface area contributed by atoms with Crippen LogP contribution in [-0.4, -0.2) is 35.6 Å². The second kappa shape index (κ2) is 7.78. The number of carbonyl (C=O) groups is 2. The van der Waals surface area contributed by atoms with Gasteiger partial charge in [0.15, 0.2) is 0 Å². The molecule has 3 N–H and O–H groups in total. The monoisotopic (exact) mass is 296 g/mol. The third-order valence-corrected chi connectivity index (χ3v) is 4.74. The first-order chi connectivity index (χ1) is 10.1. The standard InChI is InChI=1S/C16H28N2O3/c19-14(11-13-5-1-2-6-13)17-9-10-18-15(20)12-16(21)7-3-4-8-16/h13,21H,1-12H2,(H,17,19)(H,18,20).